The fourth-order valence-corrected chi connectivity index (χ4v) is 6.18. The van der Waals surface area contributed by atoms with Crippen LogP contribution in [0.3, 0.4) is 0 Å². The summed E-state index contributed by atoms with van der Waals surface area (Å²) >= 11 is 0. The summed E-state index contributed by atoms with van der Waals surface area (Å²) < 4.78 is 48.3. The van der Waals surface area contributed by atoms with E-state index in [1.54, 1.807) is 19.1 Å². The van der Waals surface area contributed by atoms with E-state index in [4.69, 9.17) is 37.9 Å². The molecule has 0 bridgehead atoms. The van der Waals surface area contributed by atoms with Gasteiger partial charge in [-0.05, 0) is 37.6 Å². The molecule has 10 nitrogen and oxygen atoms in total. The van der Waals surface area contributed by atoms with Crippen molar-refractivity contribution >= 4 is 5.97 Å². The molecule has 1 heterocycles. The maximum absolute atomic E-state index is 13.4. The summed E-state index contributed by atoms with van der Waals surface area (Å²) in [6.07, 6.45) is 0.840. The van der Waals surface area contributed by atoms with Gasteiger partial charge in [0.1, 0.15) is 17.5 Å². The quantitative estimate of drug-likeness (QED) is 0.181. The minimum atomic E-state index is -1.62. The van der Waals surface area contributed by atoms with Gasteiger partial charge in [0.15, 0.2) is 29.1 Å². The number of para-hydroxylation sites is 1. The zero-order valence-electron chi connectivity index (χ0n) is 26.9. The van der Waals surface area contributed by atoms with E-state index in [9.17, 15) is 9.90 Å². The van der Waals surface area contributed by atoms with Crippen LogP contribution in [0.2, 0.25) is 0 Å². The van der Waals surface area contributed by atoms with Crippen molar-refractivity contribution in [2.24, 2.45) is 5.92 Å². The first-order valence-corrected chi connectivity index (χ1v) is 15.2. The molecule has 0 spiro atoms. The van der Waals surface area contributed by atoms with Crippen molar-refractivity contribution in [2.45, 2.75) is 64.3 Å². The van der Waals surface area contributed by atoms with Crippen LogP contribution in [-0.2, 0) is 9.53 Å². The van der Waals surface area contributed by atoms with Crippen molar-refractivity contribution in [3.63, 3.8) is 0 Å². The van der Waals surface area contributed by atoms with Crippen LogP contribution in [0.15, 0.2) is 42.5 Å². The number of ether oxygens (including phenoxy) is 8. The molecule has 0 aromatic heterocycles. The summed E-state index contributed by atoms with van der Waals surface area (Å²) in [5, 5.41) is 12.6. The molecule has 0 unspecified atom stereocenters. The number of fused-ring (bicyclic) bond motifs is 4. The molecule has 5 rings (SSSR count). The van der Waals surface area contributed by atoms with Crippen molar-refractivity contribution in [3.8, 4) is 51.4 Å². The topological polar surface area (TPSA) is 111 Å². The predicted octanol–water partition coefficient (Wildman–Crippen LogP) is 6.80. The zero-order chi connectivity index (χ0) is 32.3. The highest BCUT2D eigenvalue weighted by Crippen LogP contribution is 2.61. The lowest BCUT2D eigenvalue weighted by atomic mass is 9.71. The van der Waals surface area contributed by atoms with E-state index in [1.165, 1.54) is 28.4 Å². The average Bonchev–Trinajstić information content (AvgIpc) is 3.52. The van der Waals surface area contributed by atoms with E-state index in [-0.39, 0.29) is 19.2 Å². The first-order chi connectivity index (χ1) is 21.7. The Balaban J connectivity index is 1.88. The number of benzene rings is 3. The van der Waals surface area contributed by atoms with Crippen molar-refractivity contribution in [1.82, 2.24) is 0 Å². The molecule has 10 heteroatoms. The lowest BCUT2D eigenvalue weighted by Gasteiger charge is -2.44. The highest BCUT2D eigenvalue weighted by atomic mass is 16.7. The van der Waals surface area contributed by atoms with Gasteiger partial charge in [0.05, 0.1) is 28.4 Å². The summed E-state index contributed by atoms with van der Waals surface area (Å²) in [4.78, 5) is 13.4. The van der Waals surface area contributed by atoms with E-state index < -0.39 is 23.7 Å². The van der Waals surface area contributed by atoms with E-state index in [0.717, 1.165) is 12.8 Å². The zero-order valence-corrected chi connectivity index (χ0v) is 26.9. The number of esters is 1. The predicted molar refractivity (Wildman–Crippen MR) is 167 cm³/mol. The molecule has 0 saturated heterocycles. The Morgan fingerprint density at radius 1 is 0.911 bits per heavy atom. The Kier molecular flexibility index (Phi) is 9.53. The Morgan fingerprint density at radius 3 is 2.24 bits per heavy atom. The third-order valence-electron chi connectivity index (χ3n) is 8.70. The van der Waals surface area contributed by atoms with E-state index in [0.29, 0.717) is 68.9 Å². The molecule has 0 saturated carbocycles. The van der Waals surface area contributed by atoms with Crippen molar-refractivity contribution in [2.75, 3.05) is 35.2 Å². The average molecular weight is 623 g/mol. The summed E-state index contributed by atoms with van der Waals surface area (Å²) in [5.74, 6) is 1.65. The van der Waals surface area contributed by atoms with Crippen LogP contribution in [0.4, 0.5) is 0 Å². The number of rotatable bonds is 11. The number of hydrogen-bond acceptors (Lipinski definition) is 10. The largest absolute Gasteiger partial charge is 0.493 e. The van der Waals surface area contributed by atoms with Crippen LogP contribution >= 0.6 is 0 Å². The molecule has 1 aliphatic carbocycles. The Labute approximate surface area is 264 Å². The highest BCUT2D eigenvalue weighted by Gasteiger charge is 2.51. The van der Waals surface area contributed by atoms with Gasteiger partial charge in [-0.2, -0.15) is 0 Å². The molecule has 4 atom stereocenters. The first kappa shape index (κ1) is 32.1. The van der Waals surface area contributed by atoms with Crippen LogP contribution in [0.1, 0.15) is 69.8 Å². The summed E-state index contributed by atoms with van der Waals surface area (Å²) in [7, 11) is 6.10. The number of unbranched alkanes of at least 4 members (excludes halogenated alkanes) is 2. The first-order valence-electron chi connectivity index (χ1n) is 15.2. The Bertz CT molecular complexity index is 1520. The van der Waals surface area contributed by atoms with Gasteiger partial charge in [0.25, 0.3) is 0 Å². The molecule has 0 amide bonds. The van der Waals surface area contributed by atoms with Gasteiger partial charge in [-0.25, -0.2) is 0 Å². The Hall–Kier alpha value is -4.31. The van der Waals surface area contributed by atoms with Gasteiger partial charge in [0.2, 0.25) is 18.3 Å². The number of carbonyl (C=O) groups excluding carboxylic acids is 1. The van der Waals surface area contributed by atoms with Crippen LogP contribution in [-0.4, -0.2) is 51.9 Å². The van der Waals surface area contributed by atoms with Gasteiger partial charge < -0.3 is 43.0 Å². The molecule has 45 heavy (non-hydrogen) atoms. The van der Waals surface area contributed by atoms with Crippen molar-refractivity contribution in [1.29, 1.82) is 0 Å². The summed E-state index contributed by atoms with van der Waals surface area (Å²) in [6, 6.07) is 12.8. The molecule has 2 aliphatic rings. The number of aliphatic hydroxyl groups is 1. The van der Waals surface area contributed by atoms with Crippen LogP contribution in [0, 0.1) is 5.92 Å². The molecular weight excluding hydrogens is 580 g/mol. The summed E-state index contributed by atoms with van der Waals surface area (Å²) in [6.45, 7) is 5.59. The molecule has 0 radical (unpaired) electrons. The van der Waals surface area contributed by atoms with Gasteiger partial charge >= 0.3 is 5.97 Å². The minimum absolute atomic E-state index is 0.0149. The van der Waals surface area contributed by atoms with E-state index in [1.807, 2.05) is 37.3 Å². The van der Waals surface area contributed by atoms with Crippen molar-refractivity contribution in [3.05, 3.63) is 53.6 Å². The standard InChI is InChI=1S/C35H42O10/c1-8-9-11-16-26(36)45-29-20(2)35(3,37)34(44-21-14-12-10-13-15-21)23-18-24(38-4)30(39-5)32(40-6)28(23)27-22(29)17-25-31(33(27)41-7)43-19-42-25/h10,12-15,17-18,20,29,34,37H,8-9,11,16,19H2,1-7H3/t20-,29+,34-,35-/m0/s1. The van der Waals surface area contributed by atoms with E-state index >= 15 is 0 Å². The molecule has 3 aromatic carbocycles. The van der Waals surface area contributed by atoms with Gasteiger partial charge in [0, 0.05) is 34.6 Å². The maximum Gasteiger partial charge on any atom is 0.306 e. The second kappa shape index (κ2) is 13.4. The lowest BCUT2D eigenvalue weighted by Crippen LogP contribution is -2.46. The second-order valence-corrected chi connectivity index (χ2v) is 11.4. The maximum atomic E-state index is 13.4. The fraction of sp³-hybridized carbons (Fsp3) is 0.457. The SMILES string of the molecule is CCCCCC(=O)O[C@H]1c2cc3c(c(OC)c2-c2c(cc(OC)c(OC)c2OC)[C@H](Oc2ccccc2)[C@@](C)(O)[C@H]1C)OCO3. The van der Waals surface area contributed by atoms with Crippen molar-refractivity contribution < 1.29 is 47.8 Å². The number of hydrogen-bond donors (Lipinski definition) is 1. The molecule has 1 aliphatic heterocycles. The minimum Gasteiger partial charge on any atom is -0.493 e. The molecule has 0 fully saturated rings. The summed E-state index contributed by atoms with van der Waals surface area (Å²) in [5.41, 5.74) is 0.504. The molecular formula is C35H42O10. The normalized spacial score (nSPS) is 21.5. The van der Waals surface area contributed by atoms with E-state index in [2.05, 4.69) is 6.92 Å². The van der Waals surface area contributed by atoms with Gasteiger partial charge in [-0.1, -0.05) is 44.9 Å². The molecule has 3 aromatic rings. The van der Waals surface area contributed by atoms with Crippen LogP contribution in [0.25, 0.3) is 11.1 Å². The highest BCUT2D eigenvalue weighted by molar-refractivity contribution is 5.89. The molecule has 1 N–H and O–H groups in total. The van der Waals surface area contributed by atoms with Gasteiger partial charge in [-0.3, -0.25) is 4.79 Å². The monoisotopic (exact) mass is 622 g/mol. The third-order valence-corrected chi connectivity index (χ3v) is 8.70. The third kappa shape index (κ3) is 5.79. The second-order valence-electron chi connectivity index (χ2n) is 11.4. The Morgan fingerprint density at radius 2 is 1.60 bits per heavy atom. The van der Waals surface area contributed by atoms with Crippen LogP contribution in [0.5, 0.6) is 40.2 Å². The van der Waals surface area contributed by atoms with Crippen LogP contribution < -0.4 is 33.2 Å². The smallest absolute Gasteiger partial charge is 0.306 e. The number of carbonyl (C=O) groups is 1. The lowest BCUT2D eigenvalue weighted by molar-refractivity contribution is -0.166. The fourth-order valence-electron chi connectivity index (χ4n) is 6.18. The number of methoxy groups -OCH3 is 4. The van der Waals surface area contributed by atoms with Gasteiger partial charge in [-0.15, -0.1) is 0 Å². The molecule has 242 valence electrons.